The average molecular weight is 273 g/mol. The van der Waals surface area contributed by atoms with Crippen LogP contribution in [0.15, 0.2) is 35.1 Å². The highest BCUT2D eigenvalue weighted by atomic mass is 16.2. The van der Waals surface area contributed by atoms with Crippen LogP contribution in [0.2, 0.25) is 0 Å². The number of amides is 1. The maximum atomic E-state index is 12.1. The Morgan fingerprint density at radius 1 is 1.10 bits per heavy atom. The second kappa shape index (κ2) is 5.20. The lowest BCUT2D eigenvalue weighted by Crippen LogP contribution is -2.49. The number of hydrogen-bond acceptors (Lipinski definition) is 4. The van der Waals surface area contributed by atoms with Crippen molar-refractivity contribution in [1.82, 2.24) is 20.1 Å². The summed E-state index contributed by atoms with van der Waals surface area (Å²) in [7, 11) is 0. The Bertz CT molecular complexity index is 640. The molecule has 3 rings (SSSR count). The molecule has 7 nitrogen and oxygen atoms in total. The molecule has 0 aliphatic carbocycles. The van der Waals surface area contributed by atoms with Gasteiger partial charge in [-0.05, 0) is 12.1 Å². The summed E-state index contributed by atoms with van der Waals surface area (Å²) < 4.78 is 0. The maximum Gasteiger partial charge on any atom is 0.341 e. The second-order valence-corrected chi connectivity index (χ2v) is 4.64. The predicted molar refractivity (Wildman–Crippen MR) is 73.8 cm³/mol. The largest absolute Gasteiger partial charge is 0.368 e. The molecule has 20 heavy (non-hydrogen) atoms. The van der Waals surface area contributed by atoms with E-state index in [0.717, 1.165) is 18.8 Å². The van der Waals surface area contributed by atoms with Gasteiger partial charge in [0.15, 0.2) is 0 Å². The Morgan fingerprint density at radius 3 is 2.40 bits per heavy atom. The minimum Gasteiger partial charge on any atom is -0.368 e. The number of carbonyl (C=O) groups excluding carboxylic acids is 1. The quantitative estimate of drug-likeness (QED) is 0.810. The normalized spacial score (nSPS) is 15.4. The zero-order chi connectivity index (χ0) is 13.9. The van der Waals surface area contributed by atoms with E-state index in [9.17, 15) is 9.59 Å². The van der Waals surface area contributed by atoms with Crippen molar-refractivity contribution in [1.29, 1.82) is 0 Å². The molecule has 0 radical (unpaired) electrons. The Morgan fingerprint density at radius 2 is 1.80 bits per heavy atom. The van der Waals surface area contributed by atoms with Crippen LogP contribution in [0.5, 0.6) is 0 Å². The Kier molecular flexibility index (Phi) is 3.24. The number of para-hydroxylation sites is 1. The highest BCUT2D eigenvalue weighted by Gasteiger charge is 2.24. The van der Waals surface area contributed by atoms with Crippen LogP contribution in [-0.2, 0) is 0 Å². The topological polar surface area (TPSA) is 85.1 Å². The average Bonchev–Trinajstić information content (AvgIpc) is 2.94. The van der Waals surface area contributed by atoms with E-state index in [2.05, 4.69) is 32.2 Å². The fraction of sp³-hybridized carbons (Fsp3) is 0.308. The smallest absolute Gasteiger partial charge is 0.341 e. The first-order valence-corrected chi connectivity index (χ1v) is 6.48. The summed E-state index contributed by atoms with van der Waals surface area (Å²) in [6.45, 7) is 2.76. The lowest BCUT2D eigenvalue weighted by Gasteiger charge is -2.35. The number of piperazine rings is 1. The molecule has 1 aliphatic heterocycles. The van der Waals surface area contributed by atoms with Crippen LogP contribution in [0.25, 0.3) is 0 Å². The molecule has 0 spiro atoms. The fourth-order valence-electron chi connectivity index (χ4n) is 2.33. The van der Waals surface area contributed by atoms with E-state index < -0.39 is 5.69 Å². The number of anilines is 1. The number of carbonyl (C=O) groups is 1. The number of hydrogen-bond donors (Lipinski definition) is 2. The second-order valence-electron chi connectivity index (χ2n) is 4.64. The zero-order valence-electron chi connectivity index (χ0n) is 10.9. The molecule has 1 amide bonds. The van der Waals surface area contributed by atoms with E-state index in [-0.39, 0.29) is 11.7 Å². The standard InChI is InChI=1S/C13H15N5O2/c19-12(11-14-13(20)16-15-11)18-8-6-17(7-9-18)10-4-2-1-3-5-10/h1-5H,6-9H2,(H2,14,15,16,20). The first kappa shape index (κ1) is 12.5. The van der Waals surface area contributed by atoms with Crippen molar-refractivity contribution in [3.63, 3.8) is 0 Å². The minimum absolute atomic E-state index is 0.0724. The molecule has 1 aromatic heterocycles. The van der Waals surface area contributed by atoms with Crippen molar-refractivity contribution < 1.29 is 4.79 Å². The zero-order valence-corrected chi connectivity index (χ0v) is 10.9. The van der Waals surface area contributed by atoms with Gasteiger partial charge in [-0.25, -0.2) is 9.89 Å². The summed E-state index contributed by atoms with van der Waals surface area (Å²) in [4.78, 5) is 29.4. The molecule has 1 aliphatic rings. The molecule has 1 saturated heterocycles. The number of aromatic amines is 2. The van der Waals surface area contributed by atoms with Gasteiger partial charge in [0, 0.05) is 31.9 Å². The highest BCUT2D eigenvalue weighted by molar-refractivity contribution is 5.90. The number of nitrogens with zero attached hydrogens (tertiary/aromatic N) is 3. The van der Waals surface area contributed by atoms with Crippen molar-refractivity contribution in [2.75, 3.05) is 31.1 Å². The Labute approximate surface area is 115 Å². The van der Waals surface area contributed by atoms with E-state index in [0.29, 0.717) is 13.1 Å². The first-order valence-electron chi connectivity index (χ1n) is 6.48. The van der Waals surface area contributed by atoms with E-state index >= 15 is 0 Å². The van der Waals surface area contributed by atoms with Crippen LogP contribution < -0.4 is 10.6 Å². The van der Waals surface area contributed by atoms with Crippen molar-refractivity contribution >= 4 is 11.6 Å². The molecule has 0 unspecified atom stereocenters. The van der Waals surface area contributed by atoms with Crippen molar-refractivity contribution in [2.45, 2.75) is 0 Å². The number of nitrogens with one attached hydrogen (secondary N) is 2. The van der Waals surface area contributed by atoms with Gasteiger partial charge in [0.05, 0.1) is 0 Å². The summed E-state index contributed by atoms with van der Waals surface area (Å²) in [5.41, 5.74) is 0.698. The fourth-order valence-corrected chi connectivity index (χ4v) is 2.33. The first-order chi connectivity index (χ1) is 9.74. The van der Waals surface area contributed by atoms with Gasteiger partial charge in [-0.1, -0.05) is 18.2 Å². The van der Waals surface area contributed by atoms with Crippen LogP contribution in [0.3, 0.4) is 0 Å². The van der Waals surface area contributed by atoms with Crippen LogP contribution >= 0.6 is 0 Å². The molecule has 0 saturated carbocycles. The van der Waals surface area contributed by atoms with E-state index in [1.54, 1.807) is 4.90 Å². The van der Waals surface area contributed by atoms with Crippen LogP contribution in [-0.4, -0.2) is 52.2 Å². The molecule has 0 bridgehead atoms. The number of H-pyrrole nitrogens is 2. The summed E-state index contributed by atoms with van der Waals surface area (Å²) >= 11 is 0. The minimum atomic E-state index is -0.462. The number of benzene rings is 1. The van der Waals surface area contributed by atoms with Gasteiger partial charge in [-0.3, -0.25) is 9.78 Å². The third-order valence-electron chi connectivity index (χ3n) is 3.39. The van der Waals surface area contributed by atoms with Crippen molar-refractivity contribution in [3.8, 4) is 0 Å². The maximum absolute atomic E-state index is 12.1. The lowest BCUT2D eigenvalue weighted by molar-refractivity contribution is 0.0735. The van der Waals surface area contributed by atoms with Crippen LogP contribution in [0, 0.1) is 0 Å². The summed E-state index contributed by atoms with van der Waals surface area (Å²) in [6.07, 6.45) is 0. The van der Waals surface area contributed by atoms with Gasteiger partial charge in [0.2, 0.25) is 5.82 Å². The lowest BCUT2D eigenvalue weighted by atomic mass is 10.2. The third kappa shape index (κ3) is 2.42. The Hall–Kier alpha value is -2.57. The molecule has 7 heteroatoms. The van der Waals surface area contributed by atoms with Gasteiger partial charge < -0.3 is 9.80 Å². The third-order valence-corrected chi connectivity index (χ3v) is 3.39. The van der Waals surface area contributed by atoms with Crippen LogP contribution in [0.1, 0.15) is 10.6 Å². The monoisotopic (exact) mass is 273 g/mol. The van der Waals surface area contributed by atoms with E-state index in [1.807, 2.05) is 18.2 Å². The molecular weight excluding hydrogens is 258 g/mol. The molecular formula is C13H15N5O2. The number of aromatic nitrogens is 3. The Balaban J connectivity index is 1.64. The van der Waals surface area contributed by atoms with Gasteiger partial charge in [0.25, 0.3) is 5.91 Å². The van der Waals surface area contributed by atoms with E-state index in [4.69, 9.17) is 0 Å². The van der Waals surface area contributed by atoms with Gasteiger partial charge in [-0.2, -0.15) is 0 Å². The van der Waals surface area contributed by atoms with Gasteiger partial charge >= 0.3 is 5.69 Å². The molecule has 2 heterocycles. The molecule has 1 aromatic carbocycles. The van der Waals surface area contributed by atoms with Crippen LogP contribution in [0.4, 0.5) is 5.69 Å². The summed E-state index contributed by atoms with van der Waals surface area (Å²) in [5.74, 6) is -0.167. The van der Waals surface area contributed by atoms with Crippen molar-refractivity contribution in [3.05, 3.63) is 46.6 Å². The molecule has 2 N–H and O–H groups in total. The molecule has 1 fully saturated rings. The molecule has 104 valence electrons. The molecule has 0 atom stereocenters. The predicted octanol–water partition coefficient (Wildman–Crippen LogP) is 0.0604. The summed E-state index contributed by atoms with van der Waals surface area (Å²) in [6, 6.07) is 10.1. The van der Waals surface area contributed by atoms with Gasteiger partial charge in [-0.15, -0.1) is 5.10 Å². The number of rotatable bonds is 2. The highest BCUT2D eigenvalue weighted by Crippen LogP contribution is 2.15. The summed E-state index contributed by atoms with van der Waals surface area (Å²) in [5, 5.41) is 5.87. The SMILES string of the molecule is O=C(c1n[nH]c(=O)[nH]1)N1CCN(c2ccccc2)CC1. The molecule has 2 aromatic rings. The van der Waals surface area contributed by atoms with E-state index in [1.165, 1.54) is 0 Å². The van der Waals surface area contributed by atoms with Gasteiger partial charge in [0.1, 0.15) is 0 Å². The van der Waals surface area contributed by atoms with Crippen molar-refractivity contribution in [2.24, 2.45) is 0 Å².